The maximum atomic E-state index is 13.1. The zero-order chi connectivity index (χ0) is 27.6. The first-order valence-electron chi connectivity index (χ1n) is 13.1. The van der Waals surface area contributed by atoms with Crippen molar-refractivity contribution in [2.24, 2.45) is 15.3 Å². The molecule has 0 fully saturated rings. The number of phenols is 2. The lowest BCUT2D eigenvalue weighted by atomic mass is 9.97. The third kappa shape index (κ3) is 4.94. The largest absolute Gasteiger partial charge is 0.504 e. The van der Waals surface area contributed by atoms with Crippen LogP contribution in [-0.4, -0.2) is 28.4 Å². The van der Waals surface area contributed by atoms with Gasteiger partial charge < -0.3 is 15.1 Å². The number of aryl methyl sites for hydroxylation is 1. The summed E-state index contributed by atoms with van der Waals surface area (Å²) < 4.78 is 0. The van der Waals surface area contributed by atoms with E-state index in [1.807, 2.05) is 73.7 Å². The molecular weight excluding hydrogens is 502 g/mol. The Balaban J connectivity index is 1.20. The van der Waals surface area contributed by atoms with Crippen molar-refractivity contribution in [2.45, 2.75) is 19.8 Å². The number of carbonyl (C=O) groups is 1. The Labute approximate surface area is 231 Å². The fraction of sp³-hybridized carbons (Fsp3) is 0.125. The number of carbonyl (C=O) groups excluding carboxylic acids is 1. The molecule has 2 aliphatic heterocycles. The highest BCUT2D eigenvalue weighted by Crippen LogP contribution is 2.36. The maximum Gasteiger partial charge on any atom is 0.280 e. The van der Waals surface area contributed by atoms with E-state index in [1.54, 1.807) is 6.07 Å². The Hall–Kier alpha value is -5.24. The van der Waals surface area contributed by atoms with Gasteiger partial charge in [0.05, 0.1) is 28.3 Å². The number of fused-ring (bicyclic) bond motifs is 1. The van der Waals surface area contributed by atoms with E-state index >= 15 is 0 Å². The number of hydrazone groups is 1. The number of rotatable bonds is 5. The zero-order valence-electron chi connectivity index (χ0n) is 21.9. The Morgan fingerprint density at radius 2 is 1.57 bits per heavy atom. The van der Waals surface area contributed by atoms with Gasteiger partial charge >= 0.3 is 0 Å². The van der Waals surface area contributed by atoms with Crippen molar-refractivity contribution >= 4 is 46.1 Å². The Kier molecular flexibility index (Phi) is 6.57. The zero-order valence-corrected chi connectivity index (χ0v) is 21.9. The third-order valence-electron chi connectivity index (χ3n) is 7.00. The Morgan fingerprint density at radius 3 is 2.35 bits per heavy atom. The van der Waals surface area contributed by atoms with Crippen LogP contribution in [0.1, 0.15) is 24.5 Å². The van der Waals surface area contributed by atoms with Crippen molar-refractivity contribution < 1.29 is 15.0 Å². The number of hydrogen-bond acceptors (Lipinski definition) is 7. The molecule has 0 bridgehead atoms. The molecule has 0 spiro atoms. The topological polar surface area (TPSA) is 101 Å². The molecule has 8 heteroatoms. The van der Waals surface area contributed by atoms with Gasteiger partial charge in [-0.2, -0.15) is 20.3 Å². The first kappa shape index (κ1) is 25.1. The summed E-state index contributed by atoms with van der Waals surface area (Å²) in [5, 5.41) is 33.4. The van der Waals surface area contributed by atoms with E-state index in [2.05, 4.69) is 32.4 Å². The second-order valence-electron chi connectivity index (χ2n) is 9.73. The summed E-state index contributed by atoms with van der Waals surface area (Å²) in [4.78, 5) is 15.4. The highest BCUT2D eigenvalue weighted by molar-refractivity contribution is 6.32. The summed E-state index contributed by atoms with van der Waals surface area (Å²) >= 11 is 0. The van der Waals surface area contributed by atoms with Crippen LogP contribution in [0.4, 0.5) is 28.4 Å². The van der Waals surface area contributed by atoms with Crippen molar-refractivity contribution in [1.29, 1.82) is 0 Å². The van der Waals surface area contributed by atoms with E-state index in [1.165, 1.54) is 22.7 Å². The fourth-order valence-corrected chi connectivity index (χ4v) is 4.96. The molecule has 0 aliphatic carbocycles. The highest BCUT2D eigenvalue weighted by Gasteiger charge is 2.28. The molecule has 198 valence electrons. The summed E-state index contributed by atoms with van der Waals surface area (Å²) in [5.41, 5.74) is 7.60. The van der Waals surface area contributed by atoms with Gasteiger partial charge in [-0.3, -0.25) is 4.79 Å². The van der Waals surface area contributed by atoms with Crippen LogP contribution in [0.25, 0.3) is 6.08 Å². The smallest absolute Gasteiger partial charge is 0.280 e. The lowest BCUT2D eigenvalue weighted by Crippen LogP contribution is -2.24. The van der Waals surface area contributed by atoms with Crippen molar-refractivity contribution in [3.05, 3.63) is 108 Å². The third-order valence-corrected chi connectivity index (χ3v) is 7.00. The highest BCUT2D eigenvalue weighted by atomic mass is 16.3. The van der Waals surface area contributed by atoms with Crippen LogP contribution in [0.15, 0.2) is 112 Å². The van der Waals surface area contributed by atoms with E-state index in [-0.39, 0.29) is 17.4 Å². The molecule has 0 atom stereocenters. The normalized spacial score (nSPS) is 16.1. The van der Waals surface area contributed by atoms with E-state index in [0.717, 1.165) is 42.0 Å². The van der Waals surface area contributed by atoms with Crippen LogP contribution in [0, 0.1) is 0 Å². The van der Waals surface area contributed by atoms with Gasteiger partial charge in [-0.25, -0.2) is 0 Å². The van der Waals surface area contributed by atoms with Gasteiger partial charge in [0.15, 0.2) is 11.5 Å². The molecule has 0 saturated carbocycles. The average Bonchev–Trinajstić information content (AvgIpc) is 3.26. The number of nitrogens with zero attached hydrogens (tertiary/aromatic N) is 5. The quantitative estimate of drug-likeness (QED) is 0.160. The summed E-state index contributed by atoms with van der Waals surface area (Å²) in [6, 6.07) is 27.9. The Morgan fingerprint density at radius 1 is 0.825 bits per heavy atom. The molecule has 40 heavy (non-hydrogen) atoms. The second-order valence-corrected chi connectivity index (χ2v) is 9.73. The maximum absolute atomic E-state index is 13.1. The van der Waals surface area contributed by atoms with Crippen LogP contribution >= 0.6 is 0 Å². The molecule has 0 radical (unpaired) electrons. The van der Waals surface area contributed by atoms with E-state index in [9.17, 15) is 15.0 Å². The molecule has 2 N–H and O–H groups in total. The minimum Gasteiger partial charge on any atom is -0.504 e. The lowest BCUT2D eigenvalue weighted by molar-refractivity contribution is -0.114. The Bertz CT molecular complexity index is 1680. The molecule has 2 heterocycles. The molecule has 0 aromatic heterocycles. The van der Waals surface area contributed by atoms with Gasteiger partial charge in [0.25, 0.3) is 5.91 Å². The van der Waals surface area contributed by atoms with Gasteiger partial charge in [-0.15, -0.1) is 0 Å². The molecule has 0 saturated heterocycles. The number of phenolic OH excluding ortho intramolecular Hbond substituents is 2. The molecule has 4 aromatic rings. The van der Waals surface area contributed by atoms with E-state index < -0.39 is 0 Å². The number of aromatic hydroxyl groups is 2. The molecular formula is C32H27N5O3. The van der Waals surface area contributed by atoms with Gasteiger partial charge in [-0.05, 0) is 97.6 Å². The van der Waals surface area contributed by atoms with Crippen LogP contribution in [0.3, 0.4) is 0 Å². The summed E-state index contributed by atoms with van der Waals surface area (Å²) in [5.74, 6) is -0.552. The lowest BCUT2D eigenvalue weighted by Gasteiger charge is -2.31. The first-order valence-corrected chi connectivity index (χ1v) is 13.1. The summed E-state index contributed by atoms with van der Waals surface area (Å²) in [7, 11) is 0. The van der Waals surface area contributed by atoms with E-state index in [4.69, 9.17) is 0 Å². The first-order chi connectivity index (χ1) is 19.5. The standard InChI is InChI=1S/C32H27N5O3/c1-21-28(32(40)37(35-21)27-7-3-2-4-8-27)19-22-9-15-29-23(18-22)6-5-17-36(29)26-13-10-24(11-14-26)33-34-25-12-16-30(38)31(39)20-25/h2-4,7-16,18-20,38-39H,5-6,17H2,1H3/b28-19-,34-33?. The van der Waals surface area contributed by atoms with Crippen LogP contribution in [0.2, 0.25) is 0 Å². The average molecular weight is 530 g/mol. The van der Waals surface area contributed by atoms with Crippen molar-refractivity contribution in [2.75, 3.05) is 16.5 Å². The summed E-state index contributed by atoms with van der Waals surface area (Å²) in [6.45, 7) is 2.77. The fourth-order valence-electron chi connectivity index (χ4n) is 4.96. The SMILES string of the molecule is CC1=NN(c2ccccc2)C(=O)/C1=C\c1ccc2c(c1)CCCN2c1ccc(N=Nc2ccc(O)c(O)c2)cc1. The summed E-state index contributed by atoms with van der Waals surface area (Å²) in [6.07, 6.45) is 3.91. The van der Waals surface area contributed by atoms with Gasteiger partial charge in [0.1, 0.15) is 0 Å². The van der Waals surface area contributed by atoms with Gasteiger partial charge in [-0.1, -0.05) is 24.3 Å². The molecule has 2 aliphatic rings. The van der Waals surface area contributed by atoms with Crippen molar-refractivity contribution in [3.8, 4) is 11.5 Å². The molecule has 1 amide bonds. The number of anilines is 3. The number of azo groups is 1. The molecule has 4 aromatic carbocycles. The molecule has 0 unspecified atom stereocenters. The molecule has 8 nitrogen and oxygen atoms in total. The van der Waals surface area contributed by atoms with Crippen molar-refractivity contribution in [3.63, 3.8) is 0 Å². The predicted molar refractivity (Wildman–Crippen MR) is 157 cm³/mol. The number of hydrogen-bond donors (Lipinski definition) is 2. The minimum atomic E-state index is -0.234. The predicted octanol–water partition coefficient (Wildman–Crippen LogP) is 7.40. The van der Waals surface area contributed by atoms with Crippen LogP contribution < -0.4 is 9.91 Å². The van der Waals surface area contributed by atoms with Crippen LogP contribution in [-0.2, 0) is 11.2 Å². The van der Waals surface area contributed by atoms with E-state index in [0.29, 0.717) is 22.7 Å². The van der Waals surface area contributed by atoms with Gasteiger partial charge in [0.2, 0.25) is 0 Å². The van der Waals surface area contributed by atoms with Crippen LogP contribution in [0.5, 0.6) is 11.5 Å². The number of benzene rings is 4. The minimum absolute atomic E-state index is 0.123. The second kappa shape index (κ2) is 10.5. The van der Waals surface area contributed by atoms with Gasteiger partial charge in [0, 0.05) is 24.0 Å². The molecule has 6 rings (SSSR count). The number of para-hydroxylation sites is 1. The monoisotopic (exact) mass is 529 g/mol. The number of amides is 1. The van der Waals surface area contributed by atoms with Crippen molar-refractivity contribution in [1.82, 2.24) is 0 Å².